The Morgan fingerprint density at radius 3 is 2.76 bits per heavy atom. The third-order valence-corrected chi connectivity index (χ3v) is 4.82. The lowest BCUT2D eigenvalue weighted by molar-refractivity contribution is -0.127. The van der Waals surface area contributed by atoms with Gasteiger partial charge < -0.3 is 10.2 Å². The fraction of sp³-hybridized carbons (Fsp3) is 0.467. The van der Waals surface area contributed by atoms with Crippen molar-refractivity contribution in [2.45, 2.75) is 24.2 Å². The van der Waals surface area contributed by atoms with Crippen LogP contribution in [-0.2, 0) is 9.59 Å². The quantitative estimate of drug-likeness (QED) is 0.592. The lowest BCUT2D eigenvalue weighted by Gasteiger charge is -2.15. The highest BCUT2D eigenvalue weighted by atomic mass is 79.9. The van der Waals surface area contributed by atoms with Gasteiger partial charge in [-0.2, -0.15) is 0 Å². The molecule has 21 heavy (non-hydrogen) atoms. The number of nitrogens with zero attached hydrogens (tertiary/aromatic N) is 1. The molecule has 114 valence electrons. The van der Waals surface area contributed by atoms with Crippen LogP contribution < -0.4 is 5.32 Å². The summed E-state index contributed by atoms with van der Waals surface area (Å²) >= 11 is 4.91. The summed E-state index contributed by atoms with van der Waals surface area (Å²) in [6, 6.07) is 7.91. The Labute approximate surface area is 137 Å². The Morgan fingerprint density at radius 1 is 1.33 bits per heavy atom. The summed E-state index contributed by atoms with van der Waals surface area (Å²) in [5.74, 6) is 0.701. The second-order valence-corrected chi connectivity index (χ2v) is 6.89. The van der Waals surface area contributed by atoms with E-state index in [4.69, 9.17) is 0 Å². The molecule has 0 aromatic heterocycles. The van der Waals surface area contributed by atoms with Crippen molar-refractivity contribution in [2.24, 2.45) is 0 Å². The predicted octanol–water partition coefficient (Wildman–Crippen LogP) is 2.67. The van der Waals surface area contributed by atoms with E-state index >= 15 is 0 Å². The summed E-state index contributed by atoms with van der Waals surface area (Å²) in [6.07, 6.45) is 2.46. The van der Waals surface area contributed by atoms with Crippen molar-refractivity contribution in [2.75, 3.05) is 25.4 Å². The number of thioether (sulfide) groups is 1. The predicted molar refractivity (Wildman–Crippen MR) is 88.3 cm³/mol. The van der Waals surface area contributed by atoms with Crippen molar-refractivity contribution in [1.82, 2.24) is 10.2 Å². The molecular weight excluding hydrogens is 352 g/mol. The fourth-order valence-corrected chi connectivity index (χ4v) is 3.16. The van der Waals surface area contributed by atoms with E-state index in [0.717, 1.165) is 35.3 Å². The lowest BCUT2D eigenvalue weighted by atomic mass is 10.4. The molecule has 1 aliphatic rings. The van der Waals surface area contributed by atoms with Gasteiger partial charge in [0.2, 0.25) is 11.8 Å². The number of rotatable bonds is 7. The SMILES string of the molecule is O=C(CSc1ccc(Br)cc1)NCCCN1CCCC1=O. The van der Waals surface area contributed by atoms with Crippen LogP contribution in [0.2, 0.25) is 0 Å². The second-order valence-electron chi connectivity index (χ2n) is 4.93. The summed E-state index contributed by atoms with van der Waals surface area (Å²) < 4.78 is 1.03. The number of nitrogens with one attached hydrogen (secondary N) is 1. The molecule has 1 heterocycles. The number of hydrogen-bond acceptors (Lipinski definition) is 3. The van der Waals surface area contributed by atoms with Gasteiger partial charge in [0.15, 0.2) is 0 Å². The van der Waals surface area contributed by atoms with Crippen LogP contribution in [0.25, 0.3) is 0 Å². The summed E-state index contributed by atoms with van der Waals surface area (Å²) in [4.78, 5) is 26.1. The van der Waals surface area contributed by atoms with Crippen molar-refractivity contribution in [3.8, 4) is 0 Å². The van der Waals surface area contributed by atoms with Crippen LogP contribution in [-0.4, -0.2) is 42.1 Å². The molecule has 0 radical (unpaired) electrons. The van der Waals surface area contributed by atoms with Gasteiger partial charge in [-0.05, 0) is 37.1 Å². The Hall–Kier alpha value is -1.01. The van der Waals surface area contributed by atoms with Crippen LogP contribution >= 0.6 is 27.7 Å². The maximum Gasteiger partial charge on any atom is 0.230 e. The molecule has 1 saturated heterocycles. The molecule has 1 aromatic carbocycles. The van der Waals surface area contributed by atoms with E-state index in [2.05, 4.69) is 21.2 Å². The van der Waals surface area contributed by atoms with Gasteiger partial charge in [0.05, 0.1) is 5.75 Å². The van der Waals surface area contributed by atoms with Gasteiger partial charge in [0, 0.05) is 35.4 Å². The highest BCUT2D eigenvalue weighted by Gasteiger charge is 2.18. The first kappa shape index (κ1) is 16.4. The first-order valence-electron chi connectivity index (χ1n) is 7.08. The summed E-state index contributed by atoms with van der Waals surface area (Å²) in [5.41, 5.74) is 0. The smallest absolute Gasteiger partial charge is 0.230 e. The molecule has 0 spiro atoms. The van der Waals surface area contributed by atoms with Gasteiger partial charge in [0.25, 0.3) is 0 Å². The van der Waals surface area contributed by atoms with Crippen molar-refractivity contribution in [1.29, 1.82) is 0 Å². The molecule has 1 fully saturated rings. The first-order valence-corrected chi connectivity index (χ1v) is 8.86. The molecular formula is C15H19BrN2O2S. The van der Waals surface area contributed by atoms with Crippen LogP contribution in [0, 0.1) is 0 Å². The van der Waals surface area contributed by atoms with E-state index in [1.54, 1.807) is 0 Å². The van der Waals surface area contributed by atoms with Crippen LogP contribution in [0.5, 0.6) is 0 Å². The van der Waals surface area contributed by atoms with Crippen LogP contribution in [0.1, 0.15) is 19.3 Å². The topological polar surface area (TPSA) is 49.4 Å². The minimum Gasteiger partial charge on any atom is -0.355 e. The van der Waals surface area contributed by atoms with E-state index in [1.807, 2.05) is 29.2 Å². The van der Waals surface area contributed by atoms with Crippen LogP contribution in [0.15, 0.2) is 33.6 Å². The number of likely N-dealkylation sites (tertiary alicyclic amines) is 1. The second kappa shape index (κ2) is 8.44. The number of halogens is 1. The number of carbonyl (C=O) groups excluding carboxylic acids is 2. The molecule has 2 rings (SSSR count). The fourth-order valence-electron chi connectivity index (χ4n) is 2.17. The zero-order chi connectivity index (χ0) is 15.1. The van der Waals surface area contributed by atoms with Crippen molar-refractivity contribution >= 4 is 39.5 Å². The largest absolute Gasteiger partial charge is 0.355 e. The van der Waals surface area contributed by atoms with Gasteiger partial charge in [0.1, 0.15) is 0 Å². The van der Waals surface area contributed by atoms with Crippen molar-refractivity contribution in [3.63, 3.8) is 0 Å². The highest BCUT2D eigenvalue weighted by Crippen LogP contribution is 2.20. The molecule has 2 amide bonds. The van der Waals surface area contributed by atoms with Gasteiger partial charge in [-0.15, -0.1) is 11.8 Å². The summed E-state index contributed by atoms with van der Waals surface area (Å²) in [7, 11) is 0. The Balaban J connectivity index is 1.57. The summed E-state index contributed by atoms with van der Waals surface area (Å²) in [6.45, 7) is 2.24. The van der Waals surface area contributed by atoms with Gasteiger partial charge >= 0.3 is 0 Å². The maximum atomic E-state index is 11.7. The lowest BCUT2D eigenvalue weighted by Crippen LogP contribution is -2.31. The van der Waals surface area contributed by atoms with Gasteiger partial charge in [-0.3, -0.25) is 9.59 Å². The first-order chi connectivity index (χ1) is 10.1. The van der Waals surface area contributed by atoms with Crippen molar-refractivity contribution < 1.29 is 9.59 Å². The molecule has 0 saturated carbocycles. The number of hydrogen-bond donors (Lipinski definition) is 1. The van der Waals surface area contributed by atoms with E-state index < -0.39 is 0 Å². The highest BCUT2D eigenvalue weighted by molar-refractivity contribution is 9.10. The third kappa shape index (κ3) is 5.71. The average molecular weight is 371 g/mol. The molecule has 6 heteroatoms. The molecule has 1 N–H and O–H groups in total. The third-order valence-electron chi connectivity index (χ3n) is 3.28. The Morgan fingerprint density at radius 2 is 2.10 bits per heavy atom. The van der Waals surface area contributed by atoms with E-state index in [9.17, 15) is 9.59 Å². The van der Waals surface area contributed by atoms with E-state index in [-0.39, 0.29) is 11.8 Å². The number of benzene rings is 1. The minimum absolute atomic E-state index is 0.0377. The zero-order valence-corrected chi connectivity index (χ0v) is 14.2. The molecule has 0 bridgehead atoms. The molecule has 0 atom stereocenters. The van der Waals surface area contributed by atoms with E-state index in [1.165, 1.54) is 11.8 Å². The van der Waals surface area contributed by atoms with Crippen LogP contribution in [0.3, 0.4) is 0 Å². The maximum absolute atomic E-state index is 11.7. The van der Waals surface area contributed by atoms with Gasteiger partial charge in [-0.1, -0.05) is 15.9 Å². The number of carbonyl (C=O) groups is 2. The summed E-state index contributed by atoms with van der Waals surface area (Å²) in [5, 5.41) is 2.90. The molecule has 1 aliphatic heterocycles. The monoisotopic (exact) mass is 370 g/mol. The van der Waals surface area contributed by atoms with Gasteiger partial charge in [-0.25, -0.2) is 0 Å². The molecule has 1 aromatic rings. The molecule has 0 unspecified atom stereocenters. The molecule has 0 aliphatic carbocycles. The Kier molecular flexibility index (Phi) is 6.57. The van der Waals surface area contributed by atoms with E-state index in [0.29, 0.717) is 18.7 Å². The zero-order valence-electron chi connectivity index (χ0n) is 11.8. The average Bonchev–Trinajstić information content (AvgIpc) is 2.88. The van der Waals surface area contributed by atoms with Crippen molar-refractivity contribution in [3.05, 3.63) is 28.7 Å². The standard InChI is InChI=1S/C15H19BrN2O2S/c16-12-4-6-13(7-5-12)21-11-14(19)17-8-2-10-18-9-1-3-15(18)20/h4-7H,1-3,8-11H2,(H,17,19). The van der Waals surface area contributed by atoms with Crippen LogP contribution in [0.4, 0.5) is 0 Å². The minimum atomic E-state index is 0.0377. The Bertz CT molecular complexity index is 493. The normalized spacial score (nSPS) is 14.5. The molecule has 4 nitrogen and oxygen atoms in total. The number of amides is 2.